The van der Waals surface area contributed by atoms with Crippen molar-refractivity contribution in [3.05, 3.63) is 70.8 Å². The van der Waals surface area contributed by atoms with Crippen LogP contribution in [-0.2, 0) is 11.3 Å². The van der Waals surface area contributed by atoms with E-state index in [4.69, 9.17) is 21.3 Å². The summed E-state index contributed by atoms with van der Waals surface area (Å²) in [4.78, 5) is 24.1. The van der Waals surface area contributed by atoms with Crippen molar-refractivity contribution >= 4 is 29.0 Å². The lowest BCUT2D eigenvalue weighted by molar-refractivity contribution is 0.0600. The van der Waals surface area contributed by atoms with Crippen LogP contribution in [0.4, 0.5) is 5.82 Å². The van der Waals surface area contributed by atoms with E-state index >= 15 is 0 Å². The first-order valence-electron chi connectivity index (χ1n) is 8.66. The monoisotopic (exact) mass is 395 g/mol. The minimum atomic E-state index is -0.407. The molecule has 3 heterocycles. The van der Waals surface area contributed by atoms with E-state index in [9.17, 15) is 4.79 Å². The van der Waals surface area contributed by atoms with E-state index < -0.39 is 5.97 Å². The van der Waals surface area contributed by atoms with Gasteiger partial charge in [0, 0.05) is 17.8 Å². The van der Waals surface area contributed by atoms with Crippen LogP contribution in [-0.4, -0.2) is 32.4 Å². The molecular weight excluding hydrogens is 378 g/mol. The van der Waals surface area contributed by atoms with Gasteiger partial charge in [0.15, 0.2) is 0 Å². The van der Waals surface area contributed by atoms with Crippen molar-refractivity contribution in [1.82, 2.24) is 19.4 Å². The first kappa shape index (κ1) is 18.1. The van der Waals surface area contributed by atoms with E-state index in [-0.39, 0.29) is 0 Å². The van der Waals surface area contributed by atoms with Crippen LogP contribution in [0.1, 0.15) is 21.7 Å². The molecule has 7 nitrogen and oxygen atoms in total. The highest BCUT2D eigenvalue weighted by molar-refractivity contribution is 6.30. The molecule has 0 unspecified atom stereocenters. The van der Waals surface area contributed by atoms with Crippen molar-refractivity contribution in [2.75, 3.05) is 12.4 Å². The summed E-state index contributed by atoms with van der Waals surface area (Å²) in [6.45, 7) is 2.42. The van der Waals surface area contributed by atoms with E-state index in [0.717, 1.165) is 22.9 Å². The second-order valence-corrected chi connectivity index (χ2v) is 6.75. The fourth-order valence-corrected chi connectivity index (χ4v) is 3.23. The topological polar surface area (TPSA) is 84.3 Å². The third kappa shape index (κ3) is 3.44. The molecule has 0 radical (unpaired) electrons. The van der Waals surface area contributed by atoms with Crippen LogP contribution in [0, 0.1) is 6.92 Å². The minimum Gasteiger partial charge on any atom is -0.465 e. The maximum Gasteiger partial charge on any atom is 0.339 e. The highest BCUT2D eigenvalue weighted by Gasteiger charge is 2.17. The number of nitrogens with zero attached hydrogens (tertiary/aromatic N) is 3. The molecule has 0 atom stereocenters. The number of hydrogen-bond donors (Lipinski definition) is 2. The van der Waals surface area contributed by atoms with Gasteiger partial charge in [-0.25, -0.2) is 14.8 Å². The number of benzene rings is 1. The number of fused-ring (bicyclic) bond motifs is 1. The average Bonchev–Trinajstić information content (AvgIpc) is 3.28. The van der Waals surface area contributed by atoms with Crippen molar-refractivity contribution in [3.63, 3.8) is 0 Å². The number of hydrogen-bond acceptors (Lipinski definition) is 5. The lowest BCUT2D eigenvalue weighted by Gasteiger charge is -2.09. The maximum atomic E-state index is 12.0. The summed E-state index contributed by atoms with van der Waals surface area (Å²) >= 11 is 6.09. The van der Waals surface area contributed by atoms with Crippen molar-refractivity contribution in [1.29, 1.82) is 0 Å². The van der Waals surface area contributed by atoms with E-state index in [2.05, 4.69) is 15.3 Å². The normalized spacial score (nSPS) is 11.0. The van der Waals surface area contributed by atoms with Crippen molar-refractivity contribution in [3.8, 4) is 11.4 Å². The second kappa shape index (κ2) is 7.36. The van der Waals surface area contributed by atoms with Gasteiger partial charge in [-0.1, -0.05) is 23.7 Å². The summed E-state index contributed by atoms with van der Waals surface area (Å²) in [7, 11) is 1.36. The molecule has 0 amide bonds. The fraction of sp³-hybridized carbons (Fsp3) is 0.150. The molecule has 142 valence electrons. The van der Waals surface area contributed by atoms with Crippen LogP contribution in [0.3, 0.4) is 0 Å². The van der Waals surface area contributed by atoms with Gasteiger partial charge in [0.2, 0.25) is 0 Å². The van der Waals surface area contributed by atoms with E-state index in [1.807, 2.05) is 35.6 Å². The van der Waals surface area contributed by atoms with Gasteiger partial charge in [0.25, 0.3) is 0 Å². The van der Waals surface area contributed by atoms with Gasteiger partial charge >= 0.3 is 5.97 Å². The molecule has 28 heavy (non-hydrogen) atoms. The third-order valence-electron chi connectivity index (χ3n) is 4.35. The summed E-state index contributed by atoms with van der Waals surface area (Å²) in [5.74, 6) is 1.13. The van der Waals surface area contributed by atoms with Crippen LogP contribution < -0.4 is 5.32 Å². The van der Waals surface area contributed by atoms with Gasteiger partial charge in [0.05, 0.1) is 24.6 Å². The molecule has 0 aliphatic heterocycles. The van der Waals surface area contributed by atoms with Gasteiger partial charge in [-0.2, -0.15) is 0 Å². The summed E-state index contributed by atoms with van der Waals surface area (Å²) in [5, 5.41) is 4.09. The van der Waals surface area contributed by atoms with Crippen molar-refractivity contribution in [2.24, 2.45) is 0 Å². The Bertz CT molecular complexity index is 1160. The molecule has 2 N–H and O–H groups in total. The number of carbonyl (C=O) groups is 1. The first-order chi connectivity index (χ1) is 13.5. The lowest BCUT2D eigenvalue weighted by Crippen LogP contribution is -2.06. The smallest absolute Gasteiger partial charge is 0.339 e. The molecule has 1 aromatic carbocycles. The van der Waals surface area contributed by atoms with Crippen molar-refractivity contribution < 1.29 is 9.53 Å². The number of ether oxygens (including phenoxy) is 1. The Morgan fingerprint density at radius 2 is 2.18 bits per heavy atom. The number of methoxy groups -OCH3 is 1. The third-order valence-corrected chi connectivity index (χ3v) is 4.58. The number of rotatable bonds is 5. The predicted octanol–water partition coefficient (Wildman–Crippen LogP) is 4.08. The molecule has 0 fully saturated rings. The number of H-pyrrole nitrogens is 1. The first-order valence-corrected chi connectivity index (χ1v) is 9.03. The van der Waals surface area contributed by atoms with Gasteiger partial charge in [-0.05, 0) is 36.8 Å². The zero-order chi connectivity index (χ0) is 19.7. The fourth-order valence-electron chi connectivity index (χ4n) is 3.01. The van der Waals surface area contributed by atoms with Gasteiger partial charge in [-0.3, -0.25) is 4.40 Å². The molecule has 4 aromatic rings. The summed E-state index contributed by atoms with van der Waals surface area (Å²) in [6, 6.07) is 11.1. The number of imidazole rings is 2. The molecule has 0 bridgehead atoms. The van der Waals surface area contributed by atoms with Crippen LogP contribution >= 0.6 is 11.6 Å². The van der Waals surface area contributed by atoms with Crippen LogP contribution in [0.25, 0.3) is 17.0 Å². The van der Waals surface area contributed by atoms with Crippen molar-refractivity contribution in [2.45, 2.75) is 13.5 Å². The Hall–Kier alpha value is -3.32. The lowest BCUT2D eigenvalue weighted by atomic mass is 10.2. The summed E-state index contributed by atoms with van der Waals surface area (Å²) in [5.41, 5.74) is 3.66. The molecule has 0 saturated carbocycles. The minimum absolute atomic E-state index is 0.407. The van der Waals surface area contributed by atoms with Crippen LogP contribution in [0.2, 0.25) is 5.02 Å². The Morgan fingerprint density at radius 1 is 1.32 bits per heavy atom. The van der Waals surface area contributed by atoms with E-state index in [1.54, 1.807) is 24.5 Å². The molecule has 0 aliphatic carbocycles. The second-order valence-electron chi connectivity index (χ2n) is 6.31. The maximum absolute atomic E-state index is 12.0. The number of aromatic nitrogens is 4. The molecule has 4 rings (SSSR count). The van der Waals surface area contributed by atoms with Crippen LogP contribution in [0.15, 0.2) is 48.8 Å². The summed E-state index contributed by atoms with van der Waals surface area (Å²) in [6.07, 6.45) is 3.45. The number of halogens is 1. The number of aromatic amines is 1. The van der Waals surface area contributed by atoms with Gasteiger partial charge in [0.1, 0.15) is 23.0 Å². The quantitative estimate of drug-likeness (QED) is 0.497. The Labute approximate surface area is 166 Å². The van der Waals surface area contributed by atoms with Crippen LogP contribution in [0.5, 0.6) is 0 Å². The molecule has 3 aromatic heterocycles. The SMILES string of the molecule is COC(=O)c1ccc2nc(-c3cnc(C)[nH]3)c(NCc3cccc(Cl)c3)n2c1. The number of anilines is 1. The molecule has 8 heteroatoms. The van der Waals surface area contributed by atoms with E-state index in [0.29, 0.717) is 28.5 Å². The molecular formula is C20H18ClN5O2. The molecule has 0 aliphatic rings. The zero-order valence-corrected chi connectivity index (χ0v) is 16.1. The highest BCUT2D eigenvalue weighted by Crippen LogP contribution is 2.28. The van der Waals surface area contributed by atoms with E-state index in [1.165, 1.54) is 7.11 Å². The Morgan fingerprint density at radius 3 is 2.89 bits per heavy atom. The number of carbonyl (C=O) groups excluding carboxylic acids is 1. The van der Waals surface area contributed by atoms with Gasteiger partial charge < -0.3 is 15.0 Å². The molecule has 0 spiro atoms. The standard InChI is InChI=1S/C20H18ClN5O2/c1-12-22-10-16(24-12)18-19(23-9-13-4-3-5-15(21)8-13)26-11-14(20(27)28-2)6-7-17(26)25-18/h3-8,10-11,23H,9H2,1-2H3,(H,22,24). The largest absolute Gasteiger partial charge is 0.465 e. The number of esters is 1. The number of nitrogens with one attached hydrogen (secondary N) is 2. The zero-order valence-electron chi connectivity index (χ0n) is 15.4. The summed E-state index contributed by atoms with van der Waals surface area (Å²) < 4.78 is 6.67. The number of pyridine rings is 1. The Balaban J connectivity index is 1.80. The highest BCUT2D eigenvalue weighted by atomic mass is 35.5. The number of aryl methyl sites for hydroxylation is 1. The Kier molecular flexibility index (Phi) is 4.75. The average molecular weight is 396 g/mol. The molecule has 0 saturated heterocycles. The van der Waals surface area contributed by atoms with Gasteiger partial charge in [-0.15, -0.1) is 0 Å². The predicted molar refractivity (Wildman–Crippen MR) is 108 cm³/mol.